The Morgan fingerprint density at radius 2 is 1.54 bits per heavy atom. The fourth-order valence-corrected chi connectivity index (χ4v) is 0.0781. The van der Waals surface area contributed by atoms with Crippen LogP contribution >= 0.6 is 0 Å². The van der Waals surface area contributed by atoms with E-state index in [1.165, 1.54) is 6.92 Å². The molecular weight excluding hydrogens is 180 g/mol. The van der Waals surface area contributed by atoms with E-state index in [1.807, 2.05) is 0 Å². The van der Waals surface area contributed by atoms with Crippen LogP contribution in [0, 0.1) is 0 Å². The summed E-state index contributed by atoms with van der Waals surface area (Å²) in [7, 11) is 0. The summed E-state index contributed by atoms with van der Waals surface area (Å²) in [6.45, 7) is 0.914. The molecule has 0 aliphatic rings. The second-order valence-electron chi connectivity index (χ2n) is 2.25. The maximum atomic E-state index is 9.65. The van der Waals surface area contributed by atoms with Crippen LogP contribution in [0.15, 0.2) is 0 Å². The van der Waals surface area contributed by atoms with Gasteiger partial charge in [-0.15, -0.1) is 0 Å². The van der Waals surface area contributed by atoms with Gasteiger partial charge in [0.25, 0.3) is 0 Å². The molecule has 0 fully saturated rings. The number of carboxylic acid groups (broad SMARTS) is 2. The summed E-state index contributed by atoms with van der Waals surface area (Å²) in [5.41, 5.74) is 9.60. The van der Waals surface area contributed by atoms with Gasteiger partial charge in [-0.3, -0.25) is 9.59 Å². The summed E-state index contributed by atoms with van der Waals surface area (Å²) < 4.78 is 0. The van der Waals surface area contributed by atoms with Gasteiger partial charge >= 0.3 is 11.9 Å². The number of carboxylic acids is 2. The van der Waals surface area contributed by atoms with Crippen molar-refractivity contribution in [3.05, 3.63) is 0 Å². The summed E-state index contributed by atoms with van der Waals surface area (Å²) in [5, 5.41) is 23.8. The van der Waals surface area contributed by atoms with E-state index < -0.39 is 30.6 Å². The third-order valence-corrected chi connectivity index (χ3v) is 0.903. The molecule has 2 unspecified atom stereocenters. The van der Waals surface area contributed by atoms with Crippen molar-refractivity contribution in [2.24, 2.45) is 11.5 Å². The van der Waals surface area contributed by atoms with E-state index in [2.05, 4.69) is 0 Å². The minimum Gasteiger partial charge on any atom is -0.480 e. The fraction of sp³-hybridized carbons (Fsp3) is 0.667. The van der Waals surface area contributed by atoms with Gasteiger partial charge < -0.3 is 26.8 Å². The van der Waals surface area contributed by atoms with Crippen molar-refractivity contribution < 1.29 is 24.9 Å². The molecule has 13 heavy (non-hydrogen) atoms. The predicted molar refractivity (Wildman–Crippen MR) is 44.0 cm³/mol. The second-order valence-corrected chi connectivity index (χ2v) is 2.25. The highest BCUT2D eigenvalue weighted by Gasteiger charge is 2.07. The Morgan fingerprint density at radius 3 is 1.54 bits per heavy atom. The molecule has 0 heterocycles. The fourth-order valence-electron chi connectivity index (χ4n) is 0.0781. The monoisotopic (exact) mass is 194 g/mol. The molecule has 0 radical (unpaired) electrons. The van der Waals surface area contributed by atoms with Crippen LogP contribution < -0.4 is 11.5 Å². The van der Waals surface area contributed by atoms with Crippen molar-refractivity contribution >= 4 is 11.9 Å². The van der Waals surface area contributed by atoms with Crippen LogP contribution in [-0.4, -0.2) is 45.9 Å². The van der Waals surface area contributed by atoms with Crippen LogP contribution in [0.2, 0.25) is 0 Å². The number of carbonyl (C=O) groups is 2. The van der Waals surface area contributed by atoms with Crippen molar-refractivity contribution in [3.63, 3.8) is 0 Å². The molecule has 0 aliphatic heterocycles. The Kier molecular flexibility index (Phi) is 8.24. The zero-order valence-corrected chi connectivity index (χ0v) is 7.17. The Hall–Kier alpha value is -1.18. The maximum absolute atomic E-state index is 9.65. The highest BCUT2D eigenvalue weighted by molar-refractivity contribution is 5.73. The van der Waals surface area contributed by atoms with Crippen LogP contribution in [0.4, 0.5) is 0 Å². The normalized spacial score (nSPS) is 13.5. The zero-order chi connectivity index (χ0) is 11.0. The van der Waals surface area contributed by atoms with Gasteiger partial charge in [-0.05, 0) is 6.92 Å². The molecule has 0 saturated heterocycles. The second kappa shape index (κ2) is 7.47. The van der Waals surface area contributed by atoms with Crippen LogP contribution in [-0.2, 0) is 9.59 Å². The lowest BCUT2D eigenvalue weighted by Gasteiger charge is -1.96. The maximum Gasteiger partial charge on any atom is 0.322 e. The lowest BCUT2D eigenvalue weighted by Crippen LogP contribution is -2.33. The molecule has 0 spiro atoms. The molecule has 7 heteroatoms. The Labute approximate surface area is 75.0 Å². The van der Waals surface area contributed by atoms with E-state index in [-0.39, 0.29) is 0 Å². The zero-order valence-electron chi connectivity index (χ0n) is 7.17. The van der Waals surface area contributed by atoms with E-state index in [4.69, 9.17) is 26.8 Å². The number of rotatable bonds is 3. The first-order chi connectivity index (χ1) is 5.82. The van der Waals surface area contributed by atoms with Crippen LogP contribution in [0.3, 0.4) is 0 Å². The van der Waals surface area contributed by atoms with Crippen molar-refractivity contribution in [2.75, 3.05) is 6.61 Å². The molecule has 0 saturated carbocycles. The first-order valence-corrected chi connectivity index (χ1v) is 3.40. The van der Waals surface area contributed by atoms with E-state index in [0.717, 1.165) is 0 Å². The highest BCUT2D eigenvalue weighted by Crippen LogP contribution is 1.71. The van der Waals surface area contributed by atoms with Gasteiger partial charge in [0.1, 0.15) is 12.1 Å². The van der Waals surface area contributed by atoms with E-state index in [9.17, 15) is 9.59 Å². The molecule has 0 aromatic carbocycles. The summed E-state index contributed by atoms with van der Waals surface area (Å²) in [6.07, 6.45) is 0. The molecular formula is C6H14N2O5. The van der Waals surface area contributed by atoms with Gasteiger partial charge in [0.05, 0.1) is 6.61 Å². The molecule has 7 nitrogen and oxygen atoms in total. The number of aliphatic hydroxyl groups is 1. The average Bonchev–Trinajstić information content (AvgIpc) is 2.03. The van der Waals surface area contributed by atoms with Gasteiger partial charge in [-0.25, -0.2) is 0 Å². The Balaban J connectivity index is 0. The van der Waals surface area contributed by atoms with Crippen molar-refractivity contribution in [3.8, 4) is 0 Å². The van der Waals surface area contributed by atoms with Gasteiger partial charge in [0.2, 0.25) is 0 Å². The molecule has 2 atom stereocenters. The molecule has 7 N–H and O–H groups in total. The molecule has 0 aliphatic carbocycles. The quantitative estimate of drug-likeness (QED) is 0.342. The van der Waals surface area contributed by atoms with Gasteiger partial charge in [0, 0.05) is 0 Å². The number of hydrogen-bond donors (Lipinski definition) is 5. The van der Waals surface area contributed by atoms with E-state index in [1.54, 1.807) is 0 Å². The third-order valence-electron chi connectivity index (χ3n) is 0.903. The molecule has 0 rings (SSSR count). The van der Waals surface area contributed by atoms with Crippen LogP contribution in [0.5, 0.6) is 0 Å². The first kappa shape index (κ1) is 14.3. The van der Waals surface area contributed by atoms with Gasteiger partial charge in [0.15, 0.2) is 0 Å². The van der Waals surface area contributed by atoms with E-state index >= 15 is 0 Å². The molecule has 0 aromatic heterocycles. The first-order valence-electron chi connectivity index (χ1n) is 3.40. The SMILES string of the molecule is CC(N)C(=O)O.NC(CO)C(=O)O. The largest absolute Gasteiger partial charge is 0.480 e. The van der Waals surface area contributed by atoms with Crippen molar-refractivity contribution in [1.29, 1.82) is 0 Å². The van der Waals surface area contributed by atoms with Crippen molar-refractivity contribution in [2.45, 2.75) is 19.0 Å². The number of hydrogen-bond acceptors (Lipinski definition) is 5. The minimum absolute atomic E-state index is 0.505. The average molecular weight is 194 g/mol. The highest BCUT2D eigenvalue weighted by atomic mass is 16.4. The third kappa shape index (κ3) is 10.8. The molecule has 0 aromatic rings. The predicted octanol–water partition coefficient (Wildman–Crippen LogP) is -2.19. The standard InChI is InChI=1S/C3H7NO3.C3H7NO2/c4-2(1-5)3(6)7;1-2(4)3(5)6/h2,5H,1,4H2,(H,6,7);2H,4H2,1H3,(H,5,6). The smallest absolute Gasteiger partial charge is 0.322 e. The summed E-state index contributed by atoms with van der Waals surface area (Å²) in [5.74, 6) is -2.14. The molecule has 0 bridgehead atoms. The lowest BCUT2D eigenvalue weighted by atomic mass is 10.3. The summed E-state index contributed by atoms with van der Waals surface area (Å²) >= 11 is 0. The van der Waals surface area contributed by atoms with E-state index in [0.29, 0.717) is 0 Å². The van der Waals surface area contributed by atoms with Crippen LogP contribution in [0.25, 0.3) is 0 Å². The molecule has 0 amide bonds. The van der Waals surface area contributed by atoms with Gasteiger partial charge in [-0.1, -0.05) is 0 Å². The number of nitrogens with two attached hydrogens (primary N) is 2. The summed E-state index contributed by atoms with van der Waals surface area (Å²) in [6, 6.07) is -1.86. The summed E-state index contributed by atoms with van der Waals surface area (Å²) in [4.78, 5) is 19.2. The Morgan fingerprint density at radius 1 is 1.23 bits per heavy atom. The number of aliphatic hydroxyl groups excluding tert-OH is 1. The number of aliphatic carboxylic acids is 2. The Bertz CT molecular complexity index is 170. The topological polar surface area (TPSA) is 147 Å². The lowest BCUT2D eigenvalue weighted by molar-refractivity contribution is -0.139. The van der Waals surface area contributed by atoms with Gasteiger partial charge in [-0.2, -0.15) is 0 Å². The minimum atomic E-state index is -1.18. The molecule has 78 valence electrons. The van der Waals surface area contributed by atoms with Crippen LogP contribution in [0.1, 0.15) is 6.92 Å². The van der Waals surface area contributed by atoms with Crippen molar-refractivity contribution in [1.82, 2.24) is 0 Å².